The zero-order chi connectivity index (χ0) is 14.0. The molecule has 0 saturated carbocycles. The largest absolute Gasteiger partial charge is 0.312 e. The van der Waals surface area contributed by atoms with Gasteiger partial charge in [-0.15, -0.1) is 0 Å². The Morgan fingerprint density at radius 1 is 1.21 bits per heavy atom. The third-order valence-corrected chi connectivity index (χ3v) is 5.40. The number of benzene rings is 1. The molecule has 2 nitrogen and oxygen atoms in total. The average molecular weight is 278 g/mol. The maximum absolute atomic E-state index is 3.55. The molecular formula is C16H26N2S. The van der Waals surface area contributed by atoms with E-state index in [2.05, 4.69) is 69.0 Å². The highest BCUT2D eigenvalue weighted by molar-refractivity contribution is 7.99. The highest BCUT2D eigenvalue weighted by atomic mass is 32.2. The summed E-state index contributed by atoms with van der Waals surface area (Å²) < 4.78 is 0. The van der Waals surface area contributed by atoms with Crippen LogP contribution in [0.15, 0.2) is 12.1 Å². The Bertz CT molecular complexity index is 445. The second-order valence-corrected chi connectivity index (χ2v) is 6.83. The van der Waals surface area contributed by atoms with E-state index in [0.717, 1.165) is 0 Å². The van der Waals surface area contributed by atoms with Crippen molar-refractivity contribution >= 4 is 11.8 Å². The van der Waals surface area contributed by atoms with Crippen molar-refractivity contribution in [3.8, 4) is 0 Å². The fourth-order valence-electron chi connectivity index (χ4n) is 2.93. The van der Waals surface area contributed by atoms with Gasteiger partial charge in [-0.25, -0.2) is 0 Å². The van der Waals surface area contributed by atoms with Crippen LogP contribution in [0.4, 0.5) is 0 Å². The lowest BCUT2D eigenvalue weighted by molar-refractivity contribution is 0.221. The maximum Gasteiger partial charge on any atom is 0.0486 e. The number of nitrogens with one attached hydrogen (secondary N) is 1. The van der Waals surface area contributed by atoms with Crippen molar-refractivity contribution in [1.29, 1.82) is 0 Å². The molecule has 2 rings (SSSR count). The summed E-state index contributed by atoms with van der Waals surface area (Å²) in [5.41, 5.74) is 5.66. The molecule has 3 heteroatoms. The molecule has 0 radical (unpaired) electrons. The highest BCUT2D eigenvalue weighted by Crippen LogP contribution is 2.29. The van der Waals surface area contributed by atoms with Crippen LogP contribution in [-0.4, -0.2) is 43.1 Å². The zero-order valence-corrected chi connectivity index (χ0v) is 13.6. The molecule has 1 saturated heterocycles. The minimum Gasteiger partial charge on any atom is -0.312 e. The Kier molecular flexibility index (Phi) is 4.93. The number of aryl methyl sites for hydroxylation is 3. The van der Waals surface area contributed by atoms with Gasteiger partial charge in [0.1, 0.15) is 0 Å². The van der Waals surface area contributed by atoms with Crippen LogP contribution < -0.4 is 5.32 Å². The lowest BCUT2D eigenvalue weighted by Gasteiger charge is -2.38. The lowest BCUT2D eigenvalue weighted by atomic mass is 9.92. The van der Waals surface area contributed by atoms with E-state index in [1.807, 2.05) is 0 Å². The Hall–Kier alpha value is -0.510. The molecule has 0 aromatic heterocycles. The first-order valence-corrected chi connectivity index (χ1v) is 8.23. The van der Waals surface area contributed by atoms with Crippen LogP contribution in [0.3, 0.4) is 0 Å². The SMILES string of the molecule is CNC(c1cc(C)c(C)cc1C)C1CSCCN1C. The van der Waals surface area contributed by atoms with Gasteiger partial charge in [-0.2, -0.15) is 11.8 Å². The molecule has 1 aromatic carbocycles. The van der Waals surface area contributed by atoms with Crippen LogP contribution in [0.25, 0.3) is 0 Å². The number of rotatable bonds is 3. The molecule has 0 bridgehead atoms. The van der Waals surface area contributed by atoms with Crippen molar-refractivity contribution in [2.75, 3.05) is 32.1 Å². The van der Waals surface area contributed by atoms with Crippen molar-refractivity contribution < 1.29 is 0 Å². The average Bonchev–Trinajstić information content (AvgIpc) is 2.38. The molecule has 2 unspecified atom stereocenters. The monoisotopic (exact) mass is 278 g/mol. The highest BCUT2D eigenvalue weighted by Gasteiger charge is 2.29. The number of hydrogen-bond donors (Lipinski definition) is 1. The predicted molar refractivity (Wildman–Crippen MR) is 86.2 cm³/mol. The number of nitrogens with zero attached hydrogens (tertiary/aromatic N) is 1. The summed E-state index contributed by atoms with van der Waals surface area (Å²) in [6, 6.07) is 5.71. The minimum atomic E-state index is 0.428. The van der Waals surface area contributed by atoms with Crippen LogP contribution in [0.5, 0.6) is 0 Å². The van der Waals surface area contributed by atoms with E-state index in [1.165, 1.54) is 40.3 Å². The summed E-state index contributed by atoms with van der Waals surface area (Å²) in [6.07, 6.45) is 0. The predicted octanol–water partition coefficient (Wildman–Crippen LogP) is 2.92. The first-order valence-electron chi connectivity index (χ1n) is 7.07. The molecular weight excluding hydrogens is 252 g/mol. The Balaban J connectivity index is 2.33. The third kappa shape index (κ3) is 3.15. The first kappa shape index (κ1) is 14.9. The van der Waals surface area contributed by atoms with E-state index >= 15 is 0 Å². The number of thioether (sulfide) groups is 1. The Morgan fingerprint density at radius 3 is 2.53 bits per heavy atom. The third-order valence-electron chi connectivity index (χ3n) is 4.36. The van der Waals surface area contributed by atoms with Crippen LogP contribution in [0.1, 0.15) is 28.3 Å². The molecule has 1 aromatic rings. The van der Waals surface area contributed by atoms with E-state index in [1.54, 1.807) is 0 Å². The van der Waals surface area contributed by atoms with Gasteiger partial charge in [-0.05, 0) is 57.1 Å². The second-order valence-electron chi connectivity index (χ2n) is 5.68. The number of hydrogen-bond acceptors (Lipinski definition) is 3. The summed E-state index contributed by atoms with van der Waals surface area (Å²) in [5.74, 6) is 2.48. The van der Waals surface area contributed by atoms with Gasteiger partial charge in [0.05, 0.1) is 0 Å². The van der Waals surface area contributed by atoms with Crippen LogP contribution in [0.2, 0.25) is 0 Å². The summed E-state index contributed by atoms with van der Waals surface area (Å²) in [5, 5.41) is 3.55. The molecule has 19 heavy (non-hydrogen) atoms. The van der Waals surface area contributed by atoms with Gasteiger partial charge in [0.25, 0.3) is 0 Å². The van der Waals surface area contributed by atoms with E-state index in [9.17, 15) is 0 Å². The molecule has 1 aliphatic heterocycles. The molecule has 2 atom stereocenters. The molecule has 1 heterocycles. The van der Waals surface area contributed by atoms with Gasteiger partial charge in [-0.1, -0.05) is 12.1 Å². The van der Waals surface area contributed by atoms with E-state index in [4.69, 9.17) is 0 Å². The Morgan fingerprint density at radius 2 is 1.89 bits per heavy atom. The van der Waals surface area contributed by atoms with Crippen molar-refractivity contribution in [1.82, 2.24) is 10.2 Å². The molecule has 1 aliphatic rings. The topological polar surface area (TPSA) is 15.3 Å². The van der Waals surface area contributed by atoms with Crippen molar-refractivity contribution in [3.63, 3.8) is 0 Å². The minimum absolute atomic E-state index is 0.428. The molecule has 1 fully saturated rings. The summed E-state index contributed by atoms with van der Waals surface area (Å²) >= 11 is 2.08. The van der Waals surface area contributed by atoms with Crippen LogP contribution in [0, 0.1) is 20.8 Å². The quantitative estimate of drug-likeness (QED) is 0.915. The van der Waals surface area contributed by atoms with Gasteiger partial charge in [0.15, 0.2) is 0 Å². The fourth-order valence-corrected chi connectivity index (χ4v) is 4.20. The van der Waals surface area contributed by atoms with E-state index < -0.39 is 0 Å². The van der Waals surface area contributed by atoms with Crippen LogP contribution in [-0.2, 0) is 0 Å². The van der Waals surface area contributed by atoms with Gasteiger partial charge < -0.3 is 5.32 Å². The first-order chi connectivity index (χ1) is 9.04. The van der Waals surface area contributed by atoms with Gasteiger partial charge in [-0.3, -0.25) is 4.90 Å². The molecule has 0 aliphatic carbocycles. The second kappa shape index (κ2) is 6.29. The number of likely N-dealkylation sites (N-methyl/N-ethyl adjacent to an activating group) is 2. The Labute approximate surface area is 122 Å². The summed E-state index contributed by atoms with van der Waals surface area (Å²) in [7, 11) is 4.34. The van der Waals surface area contributed by atoms with Crippen molar-refractivity contribution in [2.45, 2.75) is 32.9 Å². The summed E-state index contributed by atoms with van der Waals surface area (Å²) in [6.45, 7) is 7.84. The van der Waals surface area contributed by atoms with Crippen molar-refractivity contribution in [3.05, 3.63) is 34.4 Å². The van der Waals surface area contributed by atoms with Crippen LogP contribution >= 0.6 is 11.8 Å². The molecule has 1 N–H and O–H groups in total. The van der Waals surface area contributed by atoms with E-state index in [-0.39, 0.29) is 0 Å². The fraction of sp³-hybridized carbons (Fsp3) is 0.625. The smallest absolute Gasteiger partial charge is 0.0486 e. The van der Waals surface area contributed by atoms with Gasteiger partial charge in [0, 0.05) is 30.1 Å². The standard InChI is InChI=1S/C16H26N2S/c1-11-8-13(3)14(9-12(11)2)16(17-4)15-10-19-7-6-18(15)5/h8-9,15-17H,6-7,10H2,1-5H3. The van der Waals surface area contributed by atoms with E-state index in [0.29, 0.717) is 12.1 Å². The summed E-state index contributed by atoms with van der Waals surface area (Å²) in [4.78, 5) is 2.51. The molecule has 0 spiro atoms. The van der Waals surface area contributed by atoms with Crippen molar-refractivity contribution in [2.24, 2.45) is 0 Å². The van der Waals surface area contributed by atoms with Gasteiger partial charge >= 0.3 is 0 Å². The van der Waals surface area contributed by atoms with Gasteiger partial charge in [0.2, 0.25) is 0 Å². The normalized spacial score (nSPS) is 22.5. The zero-order valence-electron chi connectivity index (χ0n) is 12.8. The lowest BCUT2D eigenvalue weighted by Crippen LogP contribution is -2.47. The molecule has 0 amide bonds. The maximum atomic E-state index is 3.55. The molecule has 106 valence electrons.